The number of benzene rings is 2. The maximum absolute atomic E-state index is 12.9. The van der Waals surface area contributed by atoms with E-state index in [9.17, 15) is 4.79 Å². The molecule has 4 rings (SSSR count). The second-order valence-corrected chi connectivity index (χ2v) is 5.91. The van der Waals surface area contributed by atoms with E-state index < -0.39 is 0 Å². The zero-order valence-corrected chi connectivity index (χ0v) is 13.6. The van der Waals surface area contributed by atoms with E-state index in [2.05, 4.69) is 10.3 Å². The number of rotatable bonds is 2. The summed E-state index contributed by atoms with van der Waals surface area (Å²) in [6.45, 7) is 3.86. The molecule has 2 heterocycles. The summed E-state index contributed by atoms with van der Waals surface area (Å²) in [6, 6.07) is 17.8. The molecule has 0 saturated carbocycles. The van der Waals surface area contributed by atoms with Crippen LogP contribution in [0.25, 0.3) is 16.4 Å². The minimum atomic E-state index is -0.151. The molecule has 2 aromatic heterocycles. The highest BCUT2D eigenvalue weighted by Gasteiger charge is 2.18. The summed E-state index contributed by atoms with van der Waals surface area (Å²) in [7, 11) is 0. The summed E-state index contributed by atoms with van der Waals surface area (Å²) in [5, 5.41) is 5.16. The Morgan fingerprint density at radius 3 is 2.67 bits per heavy atom. The average Bonchev–Trinajstić information content (AvgIpc) is 2.93. The van der Waals surface area contributed by atoms with E-state index in [4.69, 9.17) is 0 Å². The number of hydrogen-bond donors (Lipinski definition) is 1. The lowest BCUT2D eigenvalue weighted by Crippen LogP contribution is -2.15. The predicted molar refractivity (Wildman–Crippen MR) is 96.6 cm³/mol. The first kappa shape index (κ1) is 14.5. The number of hydrogen-bond acceptors (Lipinski definition) is 2. The number of carbonyl (C=O) groups is 1. The smallest absolute Gasteiger partial charge is 0.274 e. The molecule has 118 valence electrons. The third kappa shape index (κ3) is 2.24. The molecular formula is C20H17N3O. The Kier molecular flexibility index (Phi) is 3.31. The lowest BCUT2D eigenvalue weighted by molar-refractivity contribution is 0.102. The fourth-order valence-electron chi connectivity index (χ4n) is 3.11. The normalized spacial score (nSPS) is 11.1. The Morgan fingerprint density at radius 2 is 1.79 bits per heavy atom. The van der Waals surface area contributed by atoms with Gasteiger partial charge in [-0.3, -0.25) is 9.20 Å². The van der Waals surface area contributed by atoms with Gasteiger partial charge in [0.1, 0.15) is 11.3 Å². The SMILES string of the molecule is Cc1nc2c(C)cccn2c1C(=O)Nc1cccc2ccccc12. The summed E-state index contributed by atoms with van der Waals surface area (Å²) in [5.74, 6) is -0.151. The third-order valence-electron chi connectivity index (χ3n) is 4.27. The maximum Gasteiger partial charge on any atom is 0.274 e. The van der Waals surface area contributed by atoms with Crippen molar-refractivity contribution in [1.29, 1.82) is 0 Å². The molecule has 4 nitrogen and oxygen atoms in total. The first-order valence-corrected chi connectivity index (χ1v) is 7.88. The van der Waals surface area contributed by atoms with E-state index in [1.165, 1.54) is 0 Å². The summed E-state index contributed by atoms with van der Waals surface area (Å²) in [4.78, 5) is 17.4. The molecule has 1 amide bonds. The molecular weight excluding hydrogens is 298 g/mol. The van der Waals surface area contributed by atoms with Crippen molar-refractivity contribution in [3.63, 3.8) is 0 Å². The fraction of sp³-hybridized carbons (Fsp3) is 0.100. The van der Waals surface area contributed by atoms with E-state index in [1.807, 2.05) is 79.0 Å². The zero-order valence-electron chi connectivity index (χ0n) is 13.6. The molecule has 24 heavy (non-hydrogen) atoms. The van der Waals surface area contributed by atoms with Gasteiger partial charge in [-0.25, -0.2) is 4.98 Å². The number of imidazole rings is 1. The molecule has 0 radical (unpaired) electrons. The largest absolute Gasteiger partial charge is 0.320 e. The van der Waals surface area contributed by atoms with Crippen molar-refractivity contribution in [2.24, 2.45) is 0 Å². The lowest BCUT2D eigenvalue weighted by atomic mass is 10.1. The van der Waals surface area contributed by atoms with Gasteiger partial charge in [0.2, 0.25) is 0 Å². The number of anilines is 1. The van der Waals surface area contributed by atoms with Crippen LogP contribution in [0.15, 0.2) is 60.8 Å². The van der Waals surface area contributed by atoms with Crippen molar-refractivity contribution in [3.8, 4) is 0 Å². The van der Waals surface area contributed by atoms with Crippen LogP contribution in [0.3, 0.4) is 0 Å². The molecule has 0 saturated heterocycles. The van der Waals surface area contributed by atoms with E-state index in [0.29, 0.717) is 5.69 Å². The van der Waals surface area contributed by atoms with Crippen molar-refractivity contribution in [3.05, 3.63) is 77.7 Å². The number of nitrogens with one attached hydrogen (secondary N) is 1. The van der Waals surface area contributed by atoms with Crippen molar-refractivity contribution >= 4 is 28.0 Å². The van der Waals surface area contributed by atoms with Gasteiger partial charge in [-0.05, 0) is 36.9 Å². The molecule has 0 aliphatic rings. The number of amides is 1. The number of aryl methyl sites for hydroxylation is 2. The van der Waals surface area contributed by atoms with Gasteiger partial charge in [0.05, 0.1) is 5.69 Å². The highest BCUT2D eigenvalue weighted by molar-refractivity contribution is 6.09. The van der Waals surface area contributed by atoms with Crippen LogP contribution in [0.1, 0.15) is 21.7 Å². The minimum Gasteiger partial charge on any atom is -0.320 e. The van der Waals surface area contributed by atoms with E-state index in [0.717, 1.165) is 33.4 Å². The first-order valence-electron chi connectivity index (χ1n) is 7.88. The van der Waals surface area contributed by atoms with Gasteiger partial charge in [-0.15, -0.1) is 0 Å². The number of pyridine rings is 1. The number of nitrogens with zero attached hydrogens (tertiary/aromatic N) is 2. The molecule has 0 spiro atoms. The molecule has 0 aliphatic carbocycles. The average molecular weight is 315 g/mol. The van der Waals surface area contributed by atoms with Crippen LogP contribution in [-0.2, 0) is 0 Å². The Morgan fingerprint density at radius 1 is 1.00 bits per heavy atom. The number of carbonyl (C=O) groups excluding carboxylic acids is 1. The van der Waals surface area contributed by atoms with Crippen molar-refractivity contribution < 1.29 is 4.79 Å². The third-order valence-corrected chi connectivity index (χ3v) is 4.27. The van der Waals surface area contributed by atoms with E-state index >= 15 is 0 Å². The topological polar surface area (TPSA) is 46.4 Å². The monoisotopic (exact) mass is 315 g/mol. The van der Waals surface area contributed by atoms with Crippen LogP contribution in [0, 0.1) is 13.8 Å². The van der Waals surface area contributed by atoms with Crippen molar-refractivity contribution in [1.82, 2.24) is 9.38 Å². The van der Waals surface area contributed by atoms with Crippen LogP contribution in [0.2, 0.25) is 0 Å². The standard InChI is InChI=1S/C20H17N3O/c1-13-7-6-12-23-18(14(2)21-19(13)23)20(24)22-17-11-5-9-15-8-3-4-10-16(15)17/h3-12H,1-2H3,(H,22,24). The van der Waals surface area contributed by atoms with Crippen molar-refractivity contribution in [2.75, 3.05) is 5.32 Å². The minimum absolute atomic E-state index is 0.151. The highest BCUT2D eigenvalue weighted by atomic mass is 16.2. The number of aromatic nitrogens is 2. The molecule has 0 atom stereocenters. The van der Waals surface area contributed by atoms with Gasteiger partial charge in [-0.1, -0.05) is 42.5 Å². The van der Waals surface area contributed by atoms with Gasteiger partial charge >= 0.3 is 0 Å². The quantitative estimate of drug-likeness (QED) is 0.597. The van der Waals surface area contributed by atoms with Gasteiger partial charge in [0.25, 0.3) is 5.91 Å². The Labute approximate surface area is 139 Å². The Hall–Kier alpha value is -3.14. The van der Waals surface area contributed by atoms with Crippen LogP contribution in [0.5, 0.6) is 0 Å². The van der Waals surface area contributed by atoms with Crippen LogP contribution in [-0.4, -0.2) is 15.3 Å². The molecule has 0 unspecified atom stereocenters. The highest BCUT2D eigenvalue weighted by Crippen LogP contribution is 2.24. The first-order chi connectivity index (χ1) is 11.6. The molecule has 0 aliphatic heterocycles. The molecule has 0 fully saturated rings. The zero-order chi connectivity index (χ0) is 16.7. The summed E-state index contributed by atoms with van der Waals surface area (Å²) >= 11 is 0. The van der Waals surface area contributed by atoms with Gasteiger partial charge in [-0.2, -0.15) is 0 Å². The van der Waals surface area contributed by atoms with Crippen LogP contribution in [0.4, 0.5) is 5.69 Å². The molecule has 2 aromatic carbocycles. The van der Waals surface area contributed by atoms with Crippen LogP contribution >= 0.6 is 0 Å². The Balaban J connectivity index is 1.80. The summed E-state index contributed by atoms with van der Waals surface area (Å²) in [5.41, 5.74) is 3.96. The van der Waals surface area contributed by atoms with Crippen molar-refractivity contribution in [2.45, 2.75) is 13.8 Å². The van der Waals surface area contributed by atoms with Gasteiger partial charge in [0, 0.05) is 17.3 Å². The van der Waals surface area contributed by atoms with Gasteiger partial charge in [0.15, 0.2) is 0 Å². The second kappa shape index (κ2) is 5.49. The summed E-state index contributed by atoms with van der Waals surface area (Å²) < 4.78 is 1.85. The van der Waals surface area contributed by atoms with E-state index in [-0.39, 0.29) is 5.91 Å². The maximum atomic E-state index is 12.9. The second-order valence-electron chi connectivity index (χ2n) is 5.91. The molecule has 4 heteroatoms. The predicted octanol–water partition coefficient (Wildman–Crippen LogP) is 4.36. The molecule has 1 N–H and O–H groups in total. The van der Waals surface area contributed by atoms with Crippen LogP contribution < -0.4 is 5.32 Å². The Bertz CT molecular complexity index is 1070. The molecule has 4 aromatic rings. The fourth-order valence-corrected chi connectivity index (χ4v) is 3.11. The van der Waals surface area contributed by atoms with Gasteiger partial charge < -0.3 is 5.32 Å². The number of fused-ring (bicyclic) bond motifs is 2. The van der Waals surface area contributed by atoms with E-state index in [1.54, 1.807) is 0 Å². The molecule has 0 bridgehead atoms. The lowest BCUT2D eigenvalue weighted by Gasteiger charge is -2.09. The summed E-state index contributed by atoms with van der Waals surface area (Å²) in [6.07, 6.45) is 1.88.